The highest BCUT2D eigenvalue weighted by Crippen LogP contribution is 2.18. The topological polar surface area (TPSA) is 63.2 Å². The lowest BCUT2D eigenvalue weighted by atomic mass is 10.3. The summed E-state index contributed by atoms with van der Waals surface area (Å²) in [6.45, 7) is 0. The largest absolute Gasteiger partial charge is 0.326 e. The number of rotatable bonds is 5. The molecule has 2 rings (SSSR count). The van der Waals surface area contributed by atoms with E-state index in [1.165, 1.54) is 30.3 Å². The summed E-state index contributed by atoms with van der Waals surface area (Å²) in [5.41, 5.74) is 0.435. The molecule has 0 fully saturated rings. The summed E-state index contributed by atoms with van der Waals surface area (Å²) in [4.78, 5) is 11.6. The molecule has 20 heavy (non-hydrogen) atoms. The Balaban J connectivity index is 1.91. The van der Waals surface area contributed by atoms with E-state index in [0.717, 1.165) is 11.3 Å². The van der Waals surface area contributed by atoms with Crippen LogP contribution >= 0.6 is 11.3 Å². The van der Waals surface area contributed by atoms with Gasteiger partial charge in [-0.15, -0.1) is 11.3 Å². The van der Waals surface area contributed by atoms with E-state index in [9.17, 15) is 17.6 Å². The maximum Gasteiger partial charge on any atom is 0.225 e. The minimum Gasteiger partial charge on any atom is -0.326 e. The Morgan fingerprint density at radius 2 is 1.90 bits per heavy atom. The smallest absolute Gasteiger partial charge is 0.225 e. The minimum absolute atomic E-state index is 0.141. The molecule has 0 saturated carbocycles. The molecule has 1 amide bonds. The van der Waals surface area contributed by atoms with E-state index in [4.69, 9.17) is 0 Å². The monoisotopic (exact) mass is 313 g/mol. The quantitative estimate of drug-likeness (QED) is 0.923. The van der Waals surface area contributed by atoms with Gasteiger partial charge in [0.25, 0.3) is 0 Å². The molecule has 4 nitrogen and oxygen atoms in total. The fourth-order valence-electron chi connectivity index (χ4n) is 1.52. The first-order valence-corrected chi connectivity index (χ1v) is 8.32. The molecule has 0 saturated heterocycles. The van der Waals surface area contributed by atoms with Crippen molar-refractivity contribution in [2.24, 2.45) is 0 Å². The van der Waals surface area contributed by atoms with Crippen LogP contribution in [0.1, 0.15) is 6.42 Å². The van der Waals surface area contributed by atoms with Crippen molar-refractivity contribution < 1.29 is 17.6 Å². The Bertz CT molecular complexity index is 679. The van der Waals surface area contributed by atoms with Gasteiger partial charge in [-0.1, -0.05) is 6.07 Å². The van der Waals surface area contributed by atoms with Gasteiger partial charge in [0.15, 0.2) is 9.84 Å². The van der Waals surface area contributed by atoms with Crippen molar-refractivity contribution in [1.82, 2.24) is 0 Å². The summed E-state index contributed by atoms with van der Waals surface area (Å²) in [6, 6.07) is 8.44. The Labute approximate surface area is 120 Å². The molecule has 0 bridgehead atoms. The number of hydrogen-bond donors (Lipinski definition) is 1. The van der Waals surface area contributed by atoms with E-state index in [1.54, 1.807) is 11.4 Å². The third-order valence-electron chi connectivity index (χ3n) is 2.53. The van der Waals surface area contributed by atoms with Crippen LogP contribution in [0.4, 0.5) is 10.1 Å². The van der Waals surface area contributed by atoms with Crippen molar-refractivity contribution in [3.63, 3.8) is 0 Å². The van der Waals surface area contributed by atoms with Gasteiger partial charge in [0, 0.05) is 12.1 Å². The highest BCUT2D eigenvalue weighted by Gasteiger charge is 2.17. The van der Waals surface area contributed by atoms with Crippen LogP contribution in [-0.4, -0.2) is 20.1 Å². The molecule has 2 aromatic rings. The highest BCUT2D eigenvalue weighted by atomic mass is 32.2. The number of anilines is 1. The third-order valence-corrected chi connectivity index (χ3v) is 5.73. The fraction of sp³-hybridized carbons (Fsp3) is 0.154. The zero-order valence-corrected chi connectivity index (χ0v) is 12.0. The van der Waals surface area contributed by atoms with Gasteiger partial charge in [-0.05, 0) is 35.7 Å². The SMILES string of the molecule is O=C(CCS(=O)(=O)c1cccs1)Nc1ccc(F)cc1. The van der Waals surface area contributed by atoms with Crippen LogP contribution in [0.15, 0.2) is 46.0 Å². The Morgan fingerprint density at radius 1 is 1.20 bits per heavy atom. The standard InChI is InChI=1S/C13H12FNO3S2/c14-10-3-5-11(6-4-10)15-12(16)7-9-20(17,18)13-2-1-8-19-13/h1-6,8H,7,9H2,(H,15,16). The number of carbonyl (C=O) groups excluding carboxylic acids is 1. The summed E-state index contributed by atoms with van der Waals surface area (Å²) >= 11 is 1.13. The van der Waals surface area contributed by atoms with E-state index in [1.807, 2.05) is 0 Å². The Kier molecular flexibility index (Phi) is 4.51. The molecule has 0 spiro atoms. The molecule has 0 radical (unpaired) electrons. The second-order valence-electron chi connectivity index (χ2n) is 4.06. The molecule has 0 aliphatic rings. The van der Waals surface area contributed by atoms with Crippen LogP contribution in [0.3, 0.4) is 0 Å². The van der Waals surface area contributed by atoms with Crippen molar-refractivity contribution in [2.45, 2.75) is 10.6 Å². The van der Waals surface area contributed by atoms with Crippen molar-refractivity contribution in [2.75, 3.05) is 11.1 Å². The average molecular weight is 313 g/mol. The number of sulfone groups is 1. The number of nitrogens with one attached hydrogen (secondary N) is 1. The lowest BCUT2D eigenvalue weighted by Crippen LogP contribution is -2.17. The van der Waals surface area contributed by atoms with E-state index in [2.05, 4.69) is 5.32 Å². The zero-order valence-electron chi connectivity index (χ0n) is 10.4. The predicted octanol–water partition coefficient (Wildman–Crippen LogP) is 2.69. The van der Waals surface area contributed by atoms with Gasteiger partial charge in [0.1, 0.15) is 10.0 Å². The summed E-state index contributed by atoms with van der Waals surface area (Å²) < 4.78 is 36.7. The van der Waals surface area contributed by atoms with E-state index in [-0.39, 0.29) is 16.4 Å². The molecule has 0 unspecified atom stereocenters. The number of hydrogen-bond acceptors (Lipinski definition) is 4. The molecule has 1 N–H and O–H groups in total. The lowest BCUT2D eigenvalue weighted by Gasteiger charge is -2.05. The summed E-state index contributed by atoms with van der Waals surface area (Å²) in [5.74, 6) is -1.07. The number of thiophene rings is 1. The van der Waals surface area contributed by atoms with E-state index in [0.29, 0.717) is 5.69 Å². The maximum atomic E-state index is 12.7. The zero-order chi connectivity index (χ0) is 14.6. The van der Waals surface area contributed by atoms with Gasteiger partial charge in [0.05, 0.1) is 5.75 Å². The Hall–Kier alpha value is -1.73. The third kappa shape index (κ3) is 3.88. The average Bonchev–Trinajstić information content (AvgIpc) is 2.94. The summed E-state index contributed by atoms with van der Waals surface area (Å²) in [6.07, 6.45) is -0.141. The number of halogens is 1. The van der Waals surface area contributed by atoms with E-state index >= 15 is 0 Å². The minimum atomic E-state index is -3.41. The van der Waals surface area contributed by atoms with Crippen molar-refractivity contribution in [1.29, 1.82) is 0 Å². The Morgan fingerprint density at radius 3 is 2.50 bits per heavy atom. The first-order valence-electron chi connectivity index (χ1n) is 5.79. The first kappa shape index (κ1) is 14.7. The summed E-state index contributed by atoms with van der Waals surface area (Å²) in [7, 11) is -3.41. The molecular formula is C13H12FNO3S2. The van der Waals surface area contributed by atoms with E-state index < -0.39 is 21.6 Å². The molecule has 0 aliphatic carbocycles. The predicted molar refractivity (Wildman–Crippen MR) is 76.0 cm³/mol. The second kappa shape index (κ2) is 6.15. The second-order valence-corrected chi connectivity index (χ2v) is 7.34. The van der Waals surface area contributed by atoms with Crippen LogP contribution < -0.4 is 5.32 Å². The van der Waals surface area contributed by atoms with Crippen molar-refractivity contribution in [3.8, 4) is 0 Å². The van der Waals surface area contributed by atoms with Crippen molar-refractivity contribution >= 4 is 32.8 Å². The number of amides is 1. The molecular weight excluding hydrogens is 301 g/mol. The van der Waals surface area contributed by atoms with Gasteiger partial charge in [-0.3, -0.25) is 4.79 Å². The van der Waals surface area contributed by atoms with Gasteiger partial charge in [-0.2, -0.15) is 0 Å². The first-order chi connectivity index (χ1) is 9.47. The lowest BCUT2D eigenvalue weighted by molar-refractivity contribution is -0.115. The van der Waals surface area contributed by atoms with Crippen LogP contribution in [0.5, 0.6) is 0 Å². The molecule has 0 atom stereocenters. The number of carbonyl (C=O) groups is 1. The van der Waals surface area contributed by atoms with Gasteiger partial charge in [0.2, 0.25) is 5.91 Å². The fourth-order valence-corrected chi connectivity index (χ4v) is 3.92. The molecule has 7 heteroatoms. The van der Waals surface area contributed by atoms with Gasteiger partial charge >= 0.3 is 0 Å². The van der Waals surface area contributed by atoms with Gasteiger partial charge < -0.3 is 5.32 Å². The van der Waals surface area contributed by atoms with Crippen LogP contribution in [0, 0.1) is 5.82 Å². The van der Waals surface area contributed by atoms with Gasteiger partial charge in [-0.25, -0.2) is 12.8 Å². The highest BCUT2D eigenvalue weighted by molar-refractivity contribution is 7.93. The maximum absolute atomic E-state index is 12.7. The normalized spacial score (nSPS) is 11.2. The van der Waals surface area contributed by atoms with Crippen LogP contribution in [0.2, 0.25) is 0 Å². The molecule has 1 heterocycles. The molecule has 0 aliphatic heterocycles. The summed E-state index contributed by atoms with van der Waals surface area (Å²) in [5, 5.41) is 4.19. The number of benzene rings is 1. The molecule has 106 valence electrons. The van der Waals surface area contributed by atoms with Crippen molar-refractivity contribution in [3.05, 3.63) is 47.6 Å². The van der Waals surface area contributed by atoms with Crippen LogP contribution in [0.25, 0.3) is 0 Å². The van der Waals surface area contributed by atoms with Crippen LogP contribution in [-0.2, 0) is 14.6 Å². The molecule has 1 aromatic heterocycles. The molecule has 1 aromatic carbocycles.